The number of nitrogens with zero attached hydrogens (tertiary/aromatic N) is 2. The van der Waals surface area contributed by atoms with Gasteiger partial charge in [-0.1, -0.05) is 23.2 Å². The minimum absolute atomic E-state index is 0.0465. The maximum absolute atomic E-state index is 12.0. The molecule has 0 aliphatic carbocycles. The number of carbonyl (C=O) groups is 1. The molecule has 2 heterocycles. The van der Waals surface area contributed by atoms with Crippen molar-refractivity contribution >= 4 is 34.9 Å². The van der Waals surface area contributed by atoms with E-state index in [0.29, 0.717) is 35.5 Å². The number of piperidine rings is 1. The van der Waals surface area contributed by atoms with Crippen molar-refractivity contribution in [2.75, 3.05) is 31.1 Å². The zero-order valence-corrected chi connectivity index (χ0v) is 12.6. The number of carbonyl (C=O) groups excluding carboxylic acids is 1. The predicted octanol–water partition coefficient (Wildman–Crippen LogP) is 1.68. The Bertz CT molecular complexity index is 483. The standard InChI is InChI=1S/C13H18Cl2N4O/c14-10-6-11(15)12(18-7-10)19-5-1-2-9(8-19)13(20)17-4-3-16/h6-7,9H,1-5,8,16H2,(H,17,20). The summed E-state index contributed by atoms with van der Waals surface area (Å²) in [6.07, 6.45) is 3.38. The summed E-state index contributed by atoms with van der Waals surface area (Å²) in [6, 6.07) is 1.67. The molecule has 3 N–H and O–H groups in total. The van der Waals surface area contributed by atoms with Crippen molar-refractivity contribution in [1.82, 2.24) is 10.3 Å². The molecule has 1 aliphatic rings. The Balaban J connectivity index is 2.04. The molecule has 0 spiro atoms. The highest BCUT2D eigenvalue weighted by molar-refractivity contribution is 6.36. The first kappa shape index (κ1) is 15.4. The Morgan fingerprint density at radius 2 is 2.35 bits per heavy atom. The lowest BCUT2D eigenvalue weighted by Crippen LogP contribution is -2.44. The van der Waals surface area contributed by atoms with E-state index >= 15 is 0 Å². The van der Waals surface area contributed by atoms with Gasteiger partial charge in [-0.3, -0.25) is 4.79 Å². The minimum Gasteiger partial charge on any atom is -0.355 e. The maximum atomic E-state index is 12.0. The molecule has 7 heteroatoms. The SMILES string of the molecule is NCCNC(=O)C1CCCN(c2ncc(Cl)cc2Cl)C1. The summed E-state index contributed by atoms with van der Waals surface area (Å²) in [5, 5.41) is 3.85. The highest BCUT2D eigenvalue weighted by Crippen LogP contribution is 2.29. The molecule has 1 amide bonds. The Morgan fingerprint density at radius 1 is 1.55 bits per heavy atom. The third-order valence-corrected chi connectivity index (χ3v) is 3.81. The Hall–Kier alpha value is -1.04. The van der Waals surface area contributed by atoms with Crippen LogP contribution in [0.25, 0.3) is 0 Å². The van der Waals surface area contributed by atoms with Crippen LogP contribution in [-0.2, 0) is 4.79 Å². The van der Waals surface area contributed by atoms with Gasteiger partial charge in [0.25, 0.3) is 0 Å². The molecule has 1 saturated heterocycles. The van der Waals surface area contributed by atoms with Crippen molar-refractivity contribution < 1.29 is 4.79 Å². The van der Waals surface area contributed by atoms with Gasteiger partial charge in [0.15, 0.2) is 0 Å². The van der Waals surface area contributed by atoms with Gasteiger partial charge < -0.3 is 16.0 Å². The molecule has 1 unspecified atom stereocenters. The van der Waals surface area contributed by atoms with Gasteiger partial charge in [0, 0.05) is 32.4 Å². The number of aromatic nitrogens is 1. The Labute approximate surface area is 128 Å². The summed E-state index contributed by atoms with van der Waals surface area (Å²) in [7, 11) is 0. The van der Waals surface area contributed by atoms with Crippen LogP contribution in [0, 0.1) is 5.92 Å². The molecule has 0 aromatic carbocycles. The van der Waals surface area contributed by atoms with Crippen molar-refractivity contribution in [3.8, 4) is 0 Å². The monoisotopic (exact) mass is 316 g/mol. The fourth-order valence-corrected chi connectivity index (χ4v) is 2.86. The summed E-state index contributed by atoms with van der Waals surface area (Å²) >= 11 is 12.0. The van der Waals surface area contributed by atoms with Crippen LogP contribution in [-0.4, -0.2) is 37.1 Å². The van der Waals surface area contributed by atoms with Crippen LogP contribution in [0.15, 0.2) is 12.3 Å². The molecule has 1 aromatic rings. The lowest BCUT2D eigenvalue weighted by Gasteiger charge is -2.33. The molecule has 20 heavy (non-hydrogen) atoms. The van der Waals surface area contributed by atoms with Gasteiger partial charge >= 0.3 is 0 Å². The van der Waals surface area contributed by atoms with E-state index in [0.717, 1.165) is 19.4 Å². The van der Waals surface area contributed by atoms with Crippen LogP contribution in [0.3, 0.4) is 0 Å². The highest BCUT2D eigenvalue weighted by atomic mass is 35.5. The number of anilines is 1. The number of rotatable bonds is 4. The van der Waals surface area contributed by atoms with Gasteiger partial charge in [-0.2, -0.15) is 0 Å². The molecule has 5 nitrogen and oxygen atoms in total. The van der Waals surface area contributed by atoms with E-state index in [1.54, 1.807) is 12.3 Å². The number of nitrogens with two attached hydrogens (primary N) is 1. The molecular weight excluding hydrogens is 299 g/mol. The molecule has 0 saturated carbocycles. The van der Waals surface area contributed by atoms with E-state index in [1.807, 2.05) is 4.90 Å². The van der Waals surface area contributed by atoms with Crippen molar-refractivity contribution in [1.29, 1.82) is 0 Å². The molecule has 1 atom stereocenters. The normalized spacial score (nSPS) is 18.9. The average Bonchev–Trinajstić information content (AvgIpc) is 2.45. The Kier molecular flexibility index (Phi) is 5.46. The molecule has 110 valence electrons. The molecular formula is C13H18Cl2N4O. The molecule has 1 fully saturated rings. The van der Waals surface area contributed by atoms with E-state index in [9.17, 15) is 4.79 Å². The lowest BCUT2D eigenvalue weighted by atomic mass is 9.97. The first-order chi connectivity index (χ1) is 9.61. The third-order valence-electron chi connectivity index (χ3n) is 3.32. The van der Waals surface area contributed by atoms with Crippen LogP contribution < -0.4 is 16.0 Å². The topological polar surface area (TPSA) is 71.2 Å². The van der Waals surface area contributed by atoms with E-state index in [4.69, 9.17) is 28.9 Å². The van der Waals surface area contributed by atoms with Gasteiger partial charge in [0.1, 0.15) is 5.82 Å². The van der Waals surface area contributed by atoms with E-state index < -0.39 is 0 Å². The van der Waals surface area contributed by atoms with Gasteiger partial charge in [0.2, 0.25) is 5.91 Å². The summed E-state index contributed by atoms with van der Waals surface area (Å²) in [6.45, 7) is 2.42. The summed E-state index contributed by atoms with van der Waals surface area (Å²) in [5.74, 6) is 0.682. The first-order valence-corrected chi connectivity index (χ1v) is 7.41. The van der Waals surface area contributed by atoms with Crippen LogP contribution in [0.5, 0.6) is 0 Å². The molecule has 2 rings (SSSR count). The number of hydrogen-bond acceptors (Lipinski definition) is 4. The number of amides is 1. The zero-order valence-electron chi connectivity index (χ0n) is 11.1. The van der Waals surface area contributed by atoms with Gasteiger partial charge in [-0.25, -0.2) is 4.98 Å². The maximum Gasteiger partial charge on any atom is 0.224 e. The predicted molar refractivity (Wildman–Crippen MR) is 81.3 cm³/mol. The van der Waals surface area contributed by atoms with Gasteiger partial charge in [0.05, 0.1) is 16.0 Å². The second-order valence-electron chi connectivity index (χ2n) is 4.82. The molecule has 1 aromatic heterocycles. The number of halogens is 2. The van der Waals surface area contributed by atoms with Crippen LogP contribution in [0.2, 0.25) is 10.0 Å². The van der Waals surface area contributed by atoms with Crippen LogP contribution >= 0.6 is 23.2 Å². The van der Waals surface area contributed by atoms with Crippen molar-refractivity contribution in [2.45, 2.75) is 12.8 Å². The molecule has 0 radical (unpaired) electrons. The van der Waals surface area contributed by atoms with Crippen molar-refractivity contribution in [3.05, 3.63) is 22.3 Å². The number of hydrogen-bond donors (Lipinski definition) is 2. The minimum atomic E-state index is -0.0520. The fourth-order valence-electron chi connectivity index (χ4n) is 2.36. The van der Waals surface area contributed by atoms with Crippen molar-refractivity contribution in [3.63, 3.8) is 0 Å². The lowest BCUT2D eigenvalue weighted by molar-refractivity contribution is -0.125. The van der Waals surface area contributed by atoms with Crippen molar-refractivity contribution in [2.24, 2.45) is 11.7 Å². The Morgan fingerprint density at radius 3 is 3.05 bits per heavy atom. The quantitative estimate of drug-likeness (QED) is 0.886. The first-order valence-electron chi connectivity index (χ1n) is 6.65. The summed E-state index contributed by atoms with van der Waals surface area (Å²) in [4.78, 5) is 18.3. The third kappa shape index (κ3) is 3.75. The highest BCUT2D eigenvalue weighted by Gasteiger charge is 2.27. The smallest absolute Gasteiger partial charge is 0.224 e. The molecule has 0 bridgehead atoms. The second-order valence-corrected chi connectivity index (χ2v) is 5.67. The summed E-state index contributed by atoms with van der Waals surface area (Å²) in [5.41, 5.74) is 5.39. The van der Waals surface area contributed by atoms with E-state index in [-0.39, 0.29) is 11.8 Å². The zero-order chi connectivity index (χ0) is 14.5. The van der Waals surface area contributed by atoms with E-state index in [1.165, 1.54) is 0 Å². The van der Waals surface area contributed by atoms with E-state index in [2.05, 4.69) is 10.3 Å². The number of pyridine rings is 1. The fraction of sp³-hybridized carbons (Fsp3) is 0.538. The van der Waals surface area contributed by atoms with Gasteiger partial charge in [-0.15, -0.1) is 0 Å². The van der Waals surface area contributed by atoms with Crippen LogP contribution in [0.1, 0.15) is 12.8 Å². The summed E-state index contributed by atoms with van der Waals surface area (Å²) < 4.78 is 0. The second kappa shape index (κ2) is 7.11. The van der Waals surface area contributed by atoms with Gasteiger partial charge in [-0.05, 0) is 18.9 Å². The van der Waals surface area contributed by atoms with Crippen LogP contribution in [0.4, 0.5) is 5.82 Å². The average molecular weight is 317 g/mol. The largest absolute Gasteiger partial charge is 0.355 e. The number of nitrogens with one attached hydrogen (secondary N) is 1. The molecule has 1 aliphatic heterocycles.